The SMILES string of the molecule is C=CC(CCC[n+]1cc[nH]c1)Cc1ccccc1. The summed E-state index contributed by atoms with van der Waals surface area (Å²) in [5, 5.41) is 0. The van der Waals surface area contributed by atoms with Gasteiger partial charge in [0.05, 0.1) is 6.54 Å². The number of nitrogens with one attached hydrogen (secondary N) is 1. The minimum Gasteiger partial charge on any atom is -0.250 e. The topological polar surface area (TPSA) is 19.7 Å². The van der Waals surface area contributed by atoms with Gasteiger partial charge in [-0.25, -0.2) is 4.57 Å². The standard InChI is InChI=1S/C16H20N2/c1-2-15(13-16-7-4-3-5-8-16)9-6-11-18-12-10-17-14-18/h2-5,7-8,10,12,14-15H,1,6,9,11,13H2/p+1. The van der Waals surface area contributed by atoms with Crippen molar-refractivity contribution in [2.45, 2.75) is 25.8 Å². The first-order chi connectivity index (χ1) is 8.88. The molecule has 1 atom stereocenters. The van der Waals surface area contributed by atoms with E-state index >= 15 is 0 Å². The van der Waals surface area contributed by atoms with Crippen molar-refractivity contribution < 1.29 is 4.57 Å². The van der Waals surface area contributed by atoms with E-state index in [-0.39, 0.29) is 0 Å². The Bertz CT molecular complexity index is 445. The molecule has 2 nitrogen and oxygen atoms in total. The van der Waals surface area contributed by atoms with Gasteiger partial charge in [0.1, 0.15) is 12.4 Å². The van der Waals surface area contributed by atoms with Gasteiger partial charge in [0.25, 0.3) is 0 Å². The summed E-state index contributed by atoms with van der Waals surface area (Å²) in [6, 6.07) is 10.7. The molecule has 1 heterocycles. The summed E-state index contributed by atoms with van der Waals surface area (Å²) in [4.78, 5) is 3.06. The summed E-state index contributed by atoms with van der Waals surface area (Å²) in [5.41, 5.74) is 1.40. The van der Waals surface area contributed by atoms with Crippen molar-refractivity contribution in [3.8, 4) is 0 Å². The maximum Gasteiger partial charge on any atom is 0.241 e. The number of H-pyrrole nitrogens is 1. The van der Waals surface area contributed by atoms with Gasteiger partial charge in [-0.1, -0.05) is 36.4 Å². The van der Waals surface area contributed by atoms with Crippen molar-refractivity contribution in [3.63, 3.8) is 0 Å². The van der Waals surface area contributed by atoms with Crippen LogP contribution in [0.15, 0.2) is 61.7 Å². The molecule has 0 aliphatic heterocycles. The third-order valence-corrected chi connectivity index (χ3v) is 3.27. The normalized spacial score (nSPS) is 12.2. The Morgan fingerprint density at radius 1 is 1.28 bits per heavy atom. The molecule has 1 aromatic heterocycles. The van der Waals surface area contributed by atoms with E-state index < -0.39 is 0 Å². The second-order valence-electron chi connectivity index (χ2n) is 4.68. The van der Waals surface area contributed by atoms with Crippen molar-refractivity contribution in [2.75, 3.05) is 0 Å². The van der Waals surface area contributed by atoms with E-state index in [1.54, 1.807) is 0 Å². The summed E-state index contributed by atoms with van der Waals surface area (Å²) < 4.78 is 2.18. The Kier molecular flexibility index (Phi) is 4.77. The molecule has 18 heavy (non-hydrogen) atoms. The van der Waals surface area contributed by atoms with Gasteiger partial charge >= 0.3 is 0 Å². The third kappa shape index (κ3) is 3.88. The molecule has 2 heteroatoms. The number of aryl methyl sites for hydroxylation is 1. The van der Waals surface area contributed by atoms with Crippen LogP contribution >= 0.6 is 0 Å². The van der Waals surface area contributed by atoms with Gasteiger partial charge in [-0.05, 0) is 30.7 Å². The first-order valence-corrected chi connectivity index (χ1v) is 6.57. The molecule has 1 unspecified atom stereocenters. The van der Waals surface area contributed by atoms with Crippen LogP contribution in [-0.2, 0) is 13.0 Å². The average molecular weight is 241 g/mol. The number of aromatic amines is 1. The number of aromatic nitrogens is 2. The molecule has 0 radical (unpaired) electrons. The van der Waals surface area contributed by atoms with E-state index in [9.17, 15) is 0 Å². The Balaban J connectivity index is 1.77. The maximum atomic E-state index is 3.96. The number of rotatable bonds is 7. The molecule has 94 valence electrons. The summed E-state index contributed by atoms with van der Waals surface area (Å²) in [6.45, 7) is 5.03. The van der Waals surface area contributed by atoms with Gasteiger partial charge in [-0.15, -0.1) is 6.58 Å². The monoisotopic (exact) mass is 241 g/mol. The van der Waals surface area contributed by atoms with Gasteiger partial charge in [-0.2, -0.15) is 0 Å². The van der Waals surface area contributed by atoms with E-state index in [1.807, 2.05) is 12.5 Å². The van der Waals surface area contributed by atoms with Gasteiger partial charge in [0.2, 0.25) is 6.33 Å². The number of hydrogen-bond acceptors (Lipinski definition) is 0. The summed E-state index contributed by atoms with van der Waals surface area (Å²) in [6.07, 6.45) is 11.6. The van der Waals surface area contributed by atoms with Gasteiger partial charge < -0.3 is 0 Å². The number of imidazole rings is 1. The van der Waals surface area contributed by atoms with Crippen LogP contribution in [0, 0.1) is 5.92 Å². The van der Waals surface area contributed by atoms with E-state index in [1.165, 1.54) is 18.4 Å². The quantitative estimate of drug-likeness (QED) is 0.567. The first kappa shape index (κ1) is 12.6. The Labute approximate surface area is 109 Å². The van der Waals surface area contributed by atoms with Crippen LogP contribution in [0.2, 0.25) is 0 Å². The van der Waals surface area contributed by atoms with Crippen LogP contribution in [0.1, 0.15) is 18.4 Å². The highest BCUT2D eigenvalue weighted by Gasteiger charge is 2.06. The number of nitrogens with zero attached hydrogens (tertiary/aromatic N) is 1. The van der Waals surface area contributed by atoms with Crippen molar-refractivity contribution in [1.29, 1.82) is 0 Å². The van der Waals surface area contributed by atoms with E-state index in [4.69, 9.17) is 0 Å². The highest BCUT2D eigenvalue weighted by Crippen LogP contribution is 2.15. The predicted molar refractivity (Wildman–Crippen MR) is 74.1 cm³/mol. The Hall–Kier alpha value is -1.83. The lowest BCUT2D eigenvalue weighted by atomic mass is 9.95. The zero-order valence-corrected chi connectivity index (χ0v) is 10.8. The lowest BCUT2D eigenvalue weighted by molar-refractivity contribution is -0.696. The van der Waals surface area contributed by atoms with Crippen LogP contribution in [-0.4, -0.2) is 4.98 Å². The largest absolute Gasteiger partial charge is 0.250 e. The molecular weight excluding hydrogens is 220 g/mol. The molecule has 1 aromatic carbocycles. The highest BCUT2D eigenvalue weighted by molar-refractivity contribution is 5.16. The maximum absolute atomic E-state index is 3.96. The first-order valence-electron chi connectivity index (χ1n) is 6.57. The molecule has 2 aromatic rings. The fourth-order valence-corrected chi connectivity index (χ4v) is 2.22. The molecule has 0 spiro atoms. The van der Waals surface area contributed by atoms with E-state index in [2.05, 4.69) is 58.7 Å². The molecule has 0 amide bonds. The zero-order chi connectivity index (χ0) is 12.6. The molecule has 2 rings (SSSR count). The summed E-state index contributed by atoms with van der Waals surface area (Å²) >= 11 is 0. The lowest BCUT2D eigenvalue weighted by Gasteiger charge is -2.11. The van der Waals surface area contributed by atoms with Gasteiger partial charge in [0.15, 0.2) is 0 Å². The minimum absolute atomic E-state index is 0.576. The number of benzene rings is 1. The van der Waals surface area contributed by atoms with Crippen molar-refractivity contribution in [1.82, 2.24) is 4.98 Å². The molecule has 0 bridgehead atoms. The smallest absolute Gasteiger partial charge is 0.241 e. The molecule has 0 fully saturated rings. The molecular formula is C16H21N2+. The van der Waals surface area contributed by atoms with Crippen LogP contribution in [0.4, 0.5) is 0 Å². The summed E-state index contributed by atoms with van der Waals surface area (Å²) in [7, 11) is 0. The average Bonchev–Trinajstić information content (AvgIpc) is 2.92. The van der Waals surface area contributed by atoms with Crippen LogP contribution < -0.4 is 4.57 Å². The number of allylic oxidation sites excluding steroid dienone is 1. The second kappa shape index (κ2) is 6.80. The number of hydrogen-bond donors (Lipinski definition) is 1. The van der Waals surface area contributed by atoms with E-state index in [0.717, 1.165) is 13.0 Å². The second-order valence-corrected chi connectivity index (χ2v) is 4.68. The van der Waals surface area contributed by atoms with Crippen molar-refractivity contribution in [3.05, 3.63) is 67.3 Å². The minimum atomic E-state index is 0.576. The van der Waals surface area contributed by atoms with Crippen molar-refractivity contribution in [2.24, 2.45) is 5.92 Å². The molecule has 0 saturated heterocycles. The van der Waals surface area contributed by atoms with Gasteiger partial charge in [-0.3, -0.25) is 4.98 Å². The molecule has 0 aliphatic carbocycles. The van der Waals surface area contributed by atoms with Crippen LogP contribution in [0.5, 0.6) is 0 Å². The Morgan fingerprint density at radius 2 is 2.11 bits per heavy atom. The molecule has 0 saturated carbocycles. The van der Waals surface area contributed by atoms with Crippen molar-refractivity contribution >= 4 is 0 Å². The van der Waals surface area contributed by atoms with Crippen LogP contribution in [0.3, 0.4) is 0 Å². The zero-order valence-electron chi connectivity index (χ0n) is 10.8. The lowest BCUT2D eigenvalue weighted by Crippen LogP contribution is -2.30. The fourth-order valence-electron chi connectivity index (χ4n) is 2.22. The summed E-state index contributed by atoms with van der Waals surface area (Å²) in [5.74, 6) is 0.576. The van der Waals surface area contributed by atoms with Crippen LogP contribution in [0.25, 0.3) is 0 Å². The predicted octanol–water partition coefficient (Wildman–Crippen LogP) is 3.13. The highest BCUT2D eigenvalue weighted by atomic mass is 15.0. The molecule has 0 aliphatic rings. The molecule has 1 N–H and O–H groups in total. The van der Waals surface area contributed by atoms with Gasteiger partial charge in [0, 0.05) is 0 Å². The Morgan fingerprint density at radius 3 is 2.78 bits per heavy atom. The van der Waals surface area contributed by atoms with E-state index in [0.29, 0.717) is 5.92 Å². The third-order valence-electron chi connectivity index (χ3n) is 3.27. The fraction of sp³-hybridized carbons (Fsp3) is 0.312.